The monoisotopic (exact) mass is 1130 g/mol. The number of imidazole rings is 2. The molecule has 406 valence electrons. The van der Waals surface area contributed by atoms with Crippen molar-refractivity contribution in [2.45, 2.75) is 101 Å². The number of carbonyl (C=O) groups is 5. The SMILES string of the molecule is CC(C)[C@H](CC(=O)[C@@H](CN)N1C(=O)C=CC1=O)C(=O)N[C@@H](C)C(=O)Cc1ccc(CSP2(=O)OC[C@H]3O[C@@H](n4cnc5c(N)ncnc54)[C@H](F)[C@@H]3OP(O)(=S)OC[C@H]3O[C@@H](n4cnc5c(=O)[nH]cnc54)[C@H](F)[C@@H]3O2)cc1. The molecule has 4 aromatic heterocycles. The lowest BCUT2D eigenvalue weighted by atomic mass is 9.87. The van der Waals surface area contributed by atoms with Gasteiger partial charge in [0.1, 0.15) is 42.3 Å². The van der Waals surface area contributed by atoms with Gasteiger partial charge in [0.25, 0.3) is 17.4 Å². The molecule has 3 fully saturated rings. The van der Waals surface area contributed by atoms with Crippen LogP contribution < -0.4 is 22.3 Å². The van der Waals surface area contributed by atoms with Crippen LogP contribution in [0.2, 0.25) is 0 Å². The Morgan fingerprint density at radius 1 is 0.868 bits per heavy atom. The lowest BCUT2D eigenvalue weighted by molar-refractivity contribution is -0.145. The van der Waals surface area contributed by atoms with Crippen molar-refractivity contribution < 1.29 is 69.8 Å². The quantitative estimate of drug-likeness (QED) is 0.0698. The molecule has 0 radical (unpaired) electrons. The zero-order chi connectivity index (χ0) is 54.4. The van der Waals surface area contributed by atoms with Crippen molar-refractivity contribution in [3.63, 3.8) is 0 Å². The summed E-state index contributed by atoms with van der Waals surface area (Å²) < 4.78 is 86.7. The molecule has 76 heavy (non-hydrogen) atoms. The molecule has 0 aliphatic carbocycles. The number of fused-ring (bicyclic) bond motifs is 4. The second kappa shape index (κ2) is 22.4. The number of nitrogen functional groups attached to an aromatic ring is 1. The van der Waals surface area contributed by atoms with Gasteiger partial charge in [0, 0.05) is 43.2 Å². The van der Waals surface area contributed by atoms with Crippen molar-refractivity contribution in [2.24, 2.45) is 17.6 Å². The number of nitrogens with zero attached hydrogens (tertiary/aromatic N) is 8. The molecule has 0 spiro atoms. The van der Waals surface area contributed by atoms with Gasteiger partial charge < -0.3 is 40.7 Å². The Bertz CT molecular complexity index is 3240. The number of amides is 3. The number of H-pyrrole nitrogens is 1. The first kappa shape index (κ1) is 55.1. The molecule has 26 nitrogen and oxygen atoms in total. The largest absolute Gasteiger partial charge is 0.389 e. The second-order valence-electron chi connectivity index (χ2n) is 18.4. The van der Waals surface area contributed by atoms with E-state index in [-0.39, 0.29) is 65.0 Å². The smallest absolute Gasteiger partial charge is 0.382 e. The van der Waals surface area contributed by atoms with Crippen molar-refractivity contribution in [3.05, 3.63) is 83.2 Å². The number of hydrogen-bond donors (Lipinski definition) is 5. The first-order chi connectivity index (χ1) is 36.2. The highest BCUT2D eigenvalue weighted by Crippen LogP contribution is 2.65. The molecule has 5 aromatic rings. The molecule has 3 saturated heterocycles. The van der Waals surface area contributed by atoms with E-state index in [4.69, 9.17) is 50.8 Å². The minimum absolute atomic E-state index is 0.00268. The average Bonchev–Trinajstić information content (AvgIpc) is 4.23. The van der Waals surface area contributed by atoms with Crippen LogP contribution in [-0.4, -0.2) is 147 Å². The first-order valence-corrected chi connectivity index (χ1v) is 29.2. The Balaban J connectivity index is 0.905. The third-order valence-corrected chi connectivity index (χ3v) is 18.3. The minimum Gasteiger partial charge on any atom is -0.382 e. The number of nitrogens with one attached hydrogen (secondary N) is 2. The highest BCUT2D eigenvalue weighted by Gasteiger charge is 2.55. The van der Waals surface area contributed by atoms with Gasteiger partial charge in [-0.1, -0.05) is 38.1 Å². The number of benzene rings is 1. The third kappa shape index (κ3) is 11.4. The van der Waals surface area contributed by atoms with Gasteiger partial charge in [0.2, 0.25) is 5.91 Å². The molecule has 13 atom stereocenters. The predicted molar refractivity (Wildman–Crippen MR) is 267 cm³/mol. The van der Waals surface area contributed by atoms with E-state index in [1.54, 1.807) is 38.1 Å². The first-order valence-electron chi connectivity index (χ1n) is 23.5. The summed E-state index contributed by atoms with van der Waals surface area (Å²) >= 11 is 5.93. The van der Waals surface area contributed by atoms with Crippen molar-refractivity contribution >= 4 is 94.1 Å². The number of ether oxygens (including phenoxy) is 2. The van der Waals surface area contributed by atoms with Gasteiger partial charge in [0.05, 0.1) is 38.2 Å². The molecule has 32 heteroatoms. The highest BCUT2D eigenvalue weighted by molar-refractivity contribution is 8.54. The molecule has 1 aromatic carbocycles. The van der Waals surface area contributed by atoms with Crippen LogP contribution in [0.25, 0.3) is 22.3 Å². The van der Waals surface area contributed by atoms with Crippen LogP contribution in [0.15, 0.2) is 66.5 Å². The van der Waals surface area contributed by atoms with Crippen molar-refractivity contribution in [1.82, 2.24) is 49.3 Å². The van der Waals surface area contributed by atoms with E-state index >= 15 is 13.3 Å². The van der Waals surface area contributed by atoms with Gasteiger partial charge in [-0.25, -0.2) is 38.3 Å². The fourth-order valence-corrected chi connectivity index (χ4v) is 13.8. The Labute approximate surface area is 438 Å². The molecule has 4 aliphatic rings. The highest BCUT2D eigenvalue weighted by atomic mass is 32.7. The lowest BCUT2D eigenvalue weighted by Crippen LogP contribution is -2.51. The topological polar surface area (TPSA) is 353 Å². The summed E-state index contributed by atoms with van der Waals surface area (Å²) in [7, 11) is 0. The number of imide groups is 1. The summed E-state index contributed by atoms with van der Waals surface area (Å²) in [5.74, 6) is -4.31. The number of alkyl halides is 2. The van der Waals surface area contributed by atoms with Crippen molar-refractivity contribution in [2.75, 3.05) is 25.5 Å². The number of carbonyl (C=O) groups excluding carboxylic acids is 5. The van der Waals surface area contributed by atoms with Crippen LogP contribution >= 0.6 is 24.9 Å². The van der Waals surface area contributed by atoms with Crippen LogP contribution in [0.1, 0.15) is 50.8 Å². The number of halogens is 2. The molecule has 8 heterocycles. The number of hydrogen-bond acceptors (Lipinski definition) is 22. The normalized spacial score (nSPS) is 29.2. The molecular weight excluding hydrogens is 1080 g/mol. The van der Waals surface area contributed by atoms with Gasteiger partial charge in [0.15, 0.2) is 59.0 Å². The van der Waals surface area contributed by atoms with Gasteiger partial charge in [-0.15, -0.1) is 0 Å². The maximum absolute atomic E-state index is 16.9. The standard InChI is InChI=1S/C44H50F2N12O14P2S2/c1-20(2)24(11-27(60)25(12-47)58-30(61)8-9-31(58)62)41(63)55-21(3)26(59)10-22-4-6-23(7-5-22)15-76-74(66)68-14-29-36(32(45)43(70-29)56-18-53-34-38(48)49-16-50-39(34)56)71-73(65,75)67-13-28-37(72-74)33(46)44(69-28)57-19-54-35-40(57)51-17-52-42(35)64/h4-9,16-21,24-25,28-29,32-33,36-37,43-44H,10-15,47H2,1-3H3,(H,55,63)(H,65,75)(H2,48,49,50)(H,51,52,64)/t21-,24-,25+,28+,29+,32+,33+,36+,37+,43+,44+,73?,74?/m0/s1. The summed E-state index contributed by atoms with van der Waals surface area (Å²) in [5.41, 5.74) is 12.2. The van der Waals surface area contributed by atoms with E-state index in [0.29, 0.717) is 22.5 Å². The molecule has 0 bridgehead atoms. The van der Waals surface area contributed by atoms with Crippen LogP contribution in [0.4, 0.5) is 14.6 Å². The predicted octanol–water partition coefficient (Wildman–Crippen LogP) is 2.19. The van der Waals surface area contributed by atoms with E-state index in [1.807, 2.05) is 0 Å². The number of Topliss-reactive ketones (excluding diaryl/α,β-unsaturated/α-hetero) is 2. The lowest BCUT2D eigenvalue weighted by Gasteiger charge is -2.30. The Morgan fingerprint density at radius 2 is 1.46 bits per heavy atom. The van der Waals surface area contributed by atoms with E-state index in [0.717, 1.165) is 40.6 Å². The van der Waals surface area contributed by atoms with E-state index in [9.17, 15) is 33.7 Å². The summed E-state index contributed by atoms with van der Waals surface area (Å²) in [6.45, 7) is -5.94. The van der Waals surface area contributed by atoms with E-state index < -0.39 is 123 Å². The Kier molecular flexibility index (Phi) is 16.2. The molecule has 9 rings (SSSR count). The maximum atomic E-state index is 16.9. The number of nitrogens with two attached hydrogens (primary N) is 2. The van der Waals surface area contributed by atoms with Gasteiger partial charge in [-0.05, 0) is 47.2 Å². The van der Waals surface area contributed by atoms with Gasteiger partial charge in [-0.2, -0.15) is 0 Å². The summed E-state index contributed by atoms with van der Waals surface area (Å²) in [6, 6.07) is 4.25. The molecule has 3 amide bonds. The Morgan fingerprint density at radius 3 is 2.09 bits per heavy atom. The van der Waals surface area contributed by atoms with E-state index in [2.05, 4.69) is 35.2 Å². The molecular formula is C44H50F2N12O14P2S2. The number of ketones is 2. The summed E-state index contributed by atoms with van der Waals surface area (Å²) in [6.07, 6.45) is -7.78. The van der Waals surface area contributed by atoms with Crippen molar-refractivity contribution in [3.8, 4) is 0 Å². The molecule has 2 unspecified atom stereocenters. The van der Waals surface area contributed by atoms with Crippen LogP contribution in [0.5, 0.6) is 0 Å². The van der Waals surface area contributed by atoms with Crippen LogP contribution in [0.3, 0.4) is 0 Å². The molecule has 4 aliphatic heterocycles. The number of rotatable bonds is 16. The number of anilines is 1. The van der Waals surface area contributed by atoms with Crippen molar-refractivity contribution in [1.29, 1.82) is 0 Å². The zero-order valence-corrected chi connectivity index (χ0v) is 43.8. The second-order valence-corrected chi connectivity index (χ2v) is 25.2. The zero-order valence-electron chi connectivity index (χ0n) is 40.4. The molecule has 0 saturated carbocycles. The number of aromatic amines is 1. The maximum Gasteiger partial charge on any atom is 0.389 e. The number of aromatic nitrogens is 8. The minimum atomic E-state index is -4.63. The Hall–Kier alpha value is -5.62. The summed E-state index contributed by atoms with van der Waals surface area (Å²) in [4.78, 5) is 112. The van der Waals surface area contributed by atoms with Gasteiger partial charge >= 0.3 is 13.5 Å². The van der Waals surface area contributed by atoms with Crippen LogP contribution in [-0.2, 0) is 80.1 Å². The summed E-state index contributed by atoms with van der Waals surface area (Å²) in [5, 5.41) is 2.68. The van der Waals surface area contributed by atoms with E-state index in [1.165, 1.54) is 17.8 Å². The van der Waals surface area contributed by atoms with Crippen LogP contribution in [0, 0.1) is 11.8 Å². The third-order valence-electron chi connectivity index (χ3n) is 13.1. The fourth-order valence-electron chi connectivity index (χ4n) is 8.97. The molecule has 7 N–H and O–H groups in total. The average molecular weight is 1140 g/mol. The van der Waals surface area contributed by atoms with Gasteiger partial charge in [-0.3, -0.25) is 56.4 Å². The fraction of sp³-hybridized carbons (Fsp3) is 0.477.